The number of nitrogens with zero attached hydrogens (tertiary/aromatic N) is 2. The van der Waals surface area contributed by atoms with Crippen molar-refractivity contribution in [3.8, 4) is 5.75 Å². The molecule has 132 valence electrons. The van der Waals surface area contributed by atoms with Crippen LogP contribution in [-0.4, -0.2) is 36.8 Å². The minimum absolute atomic E-state index is 0.0125. The minimum atomic E-state index is -0.450. The molecule has 7 heteroatoms. The molecule has 1 aromatic heterocycles. The second-order valence-electron chi connectivity index (χ2n) is 6.13. The van der Waals surface area contributed by atoms with Crippen molar-refractivity contribution in [3.63, 3.8) is 0 Å². The average Bonchev–Trinajstić information content (AvgIpc) is 2.67. The molecule has 7 nitrogen and oxygen atoms in total. The lowest BCUT2D eigenvalue weighted by molar-refractivity contribution is -0.385. The van der Waals surface area contributed by atoms with Crippen molar-refractivity contribution in [2.24, 2.45) is 0 Å². The summed E-state index contributed by atoms with van der Waals surface area (Å²) < 4.78 is 10.8. The number of aromatic nitrogens is 1. The van der Waals surface area contributed by atoms with Gasteiger partial charge >= 0.3 is 0 Å². The van der Waals surface area contributed by atoms with E-state index in [9.17, 15) is 10.1 Å². The Morgan fingerprint density at radius 3 is 2.52 bits per heavy atom. The van der Waals surface area contributed by atoms with Crippen LogP contribution >= 0.6 is 0 Å². The molecule has 1 fully saturated rings. The molecule has 25 heavy (non-hydrogen) atoms. The molecule has 1 aliphatic heterocycles. The normalized spacial score (nSPS) is 16.2. The van der Waals surface area contributed by atoms with E-state index in [0.29, 0.717) is 25.6 Å². The molecule has 2 aromatic rings. The molecular formula is C18H21N3O4. The van der Waals surface area contributed by atoms with Crippen LogP contribution in [0.5, 0.6) is 5.75 Å². The molecule has 1 aliphatic rings. The molecule has 1 N–H and O–H groups in total. The van der Waals surface area contributed by atoms with Crippen molar-refractivity contribution in [1.82, 2.24) is 4.98 Å². The highest BCUT2D eigenvalue weighted by Crippen LogP contribution is 2.36. The maximum atomic E-state index is 10.7. The van der Waals surface area contributed by atoms with Crippen LogP contribution in [0.3, 0.4) is 0 Å². The van der Waals surface area contributed by atoms with Crippen molar-refractivity contribution >= 4 is 11.5 Å². The van der Waals surface area contributed by atoms with E-state index < -0.39 is 4.92 Å². The molecule has 0 atom stereocenters. The van der Waals surface area contributed by atoms with E-state index in [0.717, 1.165) is 18.6 Å². The number of pyridine rings is 1. The zero-order valence-corrected chi connectivity index (χ0v) is 14.1. The quantitative estimate of drug-likeness (QED) is 0.640. The predicted molar refractivity (Wildman–Crippen MR) is 94.1 cm³/mol. The minimum Gasteiger partial charge on any atom is -0.497 e. The zero-order chi connectivity index (χ0) is 17.7. The standard InChI is InChI=1S/C18H21N3O4/c1-24-16-5-2-14(3-6-16)18(8-10-25-11-9-18)13-20-17-7-4-15(12-19-17)21(22)23/h2-7,12H,8-11,13H2,1H3,(H,19,20). The third-order valence-corrected chi connectivity index (χ3v) is 4.72. The molecule has 0 amide bonds. The van der Waals surface area contributed by atoms with Crippen LogP contribution in [-0.2, 0) is 10.2 Å². The van der Waals surface area contributed by atoms with Gasteiger partial charge in [-0.1, -0.05) is 12.1 Å². The van der Waals surface area contributed by atoms with Gasteiger partial charge in [0.05, 0.1) is 12.0 Å². The first-order valence-electron chi connectivity index (χ1n) is 8.20. The number of nitro groups is 1. The van der Waals surface area contributed by atoms with Gasteiger partial charge in [-0.05, 0) is 36.6 Å². The summed E-state index contributed by atoms with van der Waals surface area (Å²) in [5.41, 5.74) is 1.15. The summed E-state index contributed by atoms with van der Waals surface area (Å²) in [7, 11) is 1.65. The molecule has 1 saturated heterocycles. The topological polar surface area (TPSA) is 86.5 Å². The molecule has 0 unspecified atom stereocenters. The Bertz CT molecular complexity index is 710. The Kier molecular flexibility index (Phi) is 5.14. The van der Waals surface area contributed by atoms with Crippen molar-refractivity contribution in [2.75, 3.05) is 32.2 Å². The first kappa shape index (κ1) is 17.2. The molecule has 3 rings (SSSR count). The lowest BCUT2D eigenvalue weighted by atomic mass is 9.74. The maximum Gasteiger partial charge on any atom is 0.287 e. The van der Waals surface area contributed by atoms with Gasteiger partial charge in [0.1, 0.15) is 17.8 Å². The van der Waals surface area contributed by atoms with Crippen molar-refractivity contribution < 1.29 is 14.4 Å². The van der Waals surface area contributed by atoms with Crippen LogP contribution in [0.25, 0.3) is 0 Å². The molecule has 0 spiro atoms. The fourth-order valence-electron chi connectivity index (χ4n) is 3.13. The Balaban J connectivity index is 1.77. The maximum absolute atomic E-state index is 10.7. The highest BCUT2D eigenvalue weighted by Gasteiger charge is 2.34. The van der Waals surface area contributed by atoms with Gasteiger partial charge in [-0.3, -0.25) is 10.1 Å². The Labute approximate surface area is 146 Å². The lowest BCUT2D eigenvalue weighted by Gasteiger charge is -2.38. The van der Waals surface area contributed by atoms with Gasteiger partial charge in [0.15, 0.2) is 0 Å². The molecule has 0 saturated carbocycles. The van der Waals surface area contributed by atoms with Gasteiger partial charge in [-0.25, -0.2) is 4.98 Å². The number of nitrogens with one attached hydrogen (secondary N) is 1. The highest BCUT2D eigenvalue weighted by molar-refractivity contribution is 5.42. The van der Waals surface area contributed by atoms with Gasteiger partial charge in [-0.15, -0.1) is 0 Å². The van der Waals surface area contributed by atoms with Gasteiger partial charge < -0.3 is 14.8 Å². The molecule has 2 heterocycles. The van der Waals surface area contributed by atoms with E-state index in [1.165, 1.54) is 17.8 Å². The Hall–Kier alpha value is -2.67. The second kappa shape index (κ2) is 7.48. The number of hydrogen-bond acceptors (Lipinski definition) is 6. The summed E-state index contributed by atoms with van der Waals surface area (Å²) in [4.78, 5) is 14.4. The number of methoxy groups -OCH3 is 1. The largest absolute Gasteiger partial charge is 0.497 e. The van der Waals surface area contributed by atoms with E-state index in [4.69, 9.17) is 9.47 Å². The molecule has 0 radical (unpaired) electrons. The molecule has 0 aliphatic carbocycles. The van der Waals surface area contributed by atoms with E-state index in [1.807, 2.05) is 12.1 Å². The SMILES string of the molecule is COc1ccc(C2(CNc3ccc([N+](=O)[O-])cn3)CCOCC2)cc1. The first-order chi connectivity index (χ1) is 12.1. The van der Waals surface area contributed by atoms with E-state index >= 15 is 0 Å². The smallest absolute Gasteiger partial charge is 0.287 e. The average molecular weight is 343 g/mol. The summed E-state index contributed by atoms with van der Waals surface area (Å²) in [5.74, 6) is 1.46. The Morgan fingerprint density at radius 2 is 1.96 bits per heavy atom. The fraction of sp³-hybridized carbons (Fsp3) is 0.389. The van der Waals surface area contributed by atoms with Crippen molar-refractivity contribution in [1.29, 1.82) is 0 Å². The van der Waals surface area contributed by atoms with Crippen LogP contribution in [0, 0.1) is 10.1 Å². The van der Waals surface area contributed by atoms with Gasteiger partial charge in [0.25, 0.3) is 5.69 Å². The monoisotopic (exact) mass is 343 g/mol. The summed E-state index contributed by atoms with van der Waals surface area (Å²) >= 11 is 0. The highest BCUT2D eigenvalue weighted by atomic mass is 16.6. The number of anilines is 1. The molecule has 0 bridgehead atoms. The van der Waals surface area contributed by atoms with Crippen LogP contribution < -0.4 is 10.1 Å². The van der Waals surface area contributed by atoms with Crippen LogP contribution in [0.15, 0.2) is 42.6 Å². The fourth-order valence-corrected chi connectivity index (χ4v) is 3.13. The molecular weight excluding hydrogens is 322 g/mol. The summed E-state index contributed by atoms with van der Waals surface area (Å²) in [6.45, 7) is 2.11. The first-order valence-corrected chi connectivity index (χ1v) is 8.20. The summed E-state index contributed by atoms with van der Waals surface area (Å²) in [5, 5.41) is 14.1. The molecule has 1 aromatic carbocycles. The zero-order valence-electron chi connectivity index (χ0n) is 14.1. The lowest BCUT2D eigenvalue weighted by Crippen LogP contribution is -2.40. The van der Waals surface area contributed by atoms with E-state index in [2.05, 4.69) is 22.4 Å². The summed E-state index contributed by atoms with van der Waals surface area (Å²) in [6.07, 6.45) is 3.07. The van der Waals surface area contributed by atoms with Gasteiger partial charge in [-0.2, -0.15) is 0 Å². The van der Waals surface area contributed by atoms with Gasteiger partial charge in [0, 0.05) is 31.2 Å². The third-order valence-electron chi connectivity index (χ3n) is 4.72. The van der Waals surface area contributed by atoms with Crippen LogP contribution in [0.1, 0.15) is 18.4 Å². The van der Waals surface area contributed by atoms with Crippen LogP contribution in [0.4, 0.5) is 11.5 Å². The van der Waals surface area contributed by atoms with Crippen molar-refractivity contribution in [3.05, 3.63) is 58.3 Å². The number of hydrogen-bond donors (Lipinski definition) is 1. The Morgan fingerprint density at radius 1 is 1.24 bits per heavy atom. The number of rotatable bonds is 6. The summed E-state index contributed by atoms with van der Waals surface area (Å²) in [6, 6.07) is 11.2. The number of benzene rings is 1. The number of ether oxygens (including phenoxy) is 2. The van der Waals surface area contributed by atoms with E-state index in [1.54, 1.807) is 13.2 Å². The predicted octanol–water partition coefficient (Wildman–Crippen LogP) is 3.16. The third kappa shape index (κ3) is 3.88. The van der Waals surface area contributed by atoms with Crippen LogP contribution in [0.2, 0.25) is 0 Å². The second-order valence-corrected chi connectivity index (χ2v) is 6.13. The van der Waals surface area contributed by atoms with E-state index in [-0.39, 0.29) is 11.1 Å². The van der Waals surface area contributed by atoms with Gasteiger partial charge in [0.2, 0.25) is 0 Å². The van der Waals surface area contributed by atoms with Crippen molar-refractivity contribution in [2.45, 2.75) is 18.3 Å².